The number of hydrogen-bond donors (Lipinski definition) is 3. The molecule has 0 spiro atoms. The maximum atomic E-state index is 4.73. The van der Waals surface area contributed by atoms with Gasteiger partial charge in [-0.1, -0.05) is 0 Å². The van der Waals surface area contributed by atoms with E-state index in [1.807, 2.05) is 12.3 Å². The molecule has 3 heterocycles. The second-order valence-corrected chi connectivity index (χ2v) is 7.30. The first-order valence-corrected chi connectivity index (χ1v) is 8.89. The van der Waals surface area contributed by atoms with Crippen LogP contribution in [-0.2, 0) is 0 Å². The first kappa shape index (κ1) is 14.2. The van der Waals surface area contributed by atoms with Gasteiger partial charge in [0, 0.05) is 42.5 Å². The van der Waals surface area contributed by atoms with Crippen molar-refractivity contribution in [2.45, 2.75) is 43.7 Å². The highest BCUT2D eigenvalue weighted by Crippen LogP contribution is 2.40. The maximum Gasteiger partial charge on any atom is 0.227 e. The normalized spacial score (nSPS) is 28.5. The summed E-state index contributed by atoms with van der Waals surface area (Å²) < 4.78 is 0. The Morgan fingerprint density at radius 1 is 1.25 bits per heavy atom. The Kier molecular flexibility index (Phi) is 3.22. The molecule has 3 N–H and O–H groups in total. The van der Waals surface area contributed by atoms with Gasteiger partial charge in [-0.3, -0.25) is 5.10 Å². The number of hydrogen-bond acceptors (Lipinski definition) is 6. The zero-order valence-electron chi connectivity index (χ0n) is 13.9. The van der Waals surface area contributed by atoms with Gasteiger partial charge in [0.15, 0.2) is 5.82 Å². The summed E-state index contributed by atoms with van der Waals surface area (Å²) >= 11 is 0. The topological polar surface area (TPSA) is 81.8 Å². The standard InChI is InChI=1S/C17H23N7/c1-18-13-6-10-7-14(13)24(9-10)17-19-5-4-15(21-17)20-16-8-12(22-23-16)11-2-3-11/h4-5,8,10-11,13-14,18H,2-3,6-7,9H2,1H3,(H2,19,20,21,22,23)/t10-,13+,14-/m0/s1. The highest BCUT2D eigenvalue weighted by molar-refractivity contribution is 5.54. The van der Waals surface area contributed by atoms with Gasteiger partial charge in [0.25, 0.3) is 0 Å². The van der Waals surface area contributed by atoms with Gasteiger partial charge in [-0.2, -0.15) is 10.1 Å². The molecule has 0 radical (unpaired) electrons. The van der Waals surface area contributed by atoms with Crippen molar-refractivity contribution in [2.24, 2.45) is 5.92 Å². The van der Waals surface area contributed by atoms with Gasteiger partial charge >= 0.3 is 0 Å². The molecular formula is C17H23N7. The van der Waals surface area contributed by atoms with Crippen LogP contribution in [0, 0.1) is 5.92 Å². The summed E-state index contributed by atoms with van der Waals surface area (Å²) in [5.41, 5.74) is 1.22. The Labute approximate surface area is 141 Å². The molecule has 1 aliphatic heterocycles. The van der Waals surface area contributed by atoms with Gasteiger partial charge in [0.2, 0.25) is 5.95 Å². The molecule has 2 aromatic rings. The number of anilines is 3. The predicted molar refractivity (Wildman–Crippen MR) is 92.6 cm³/mol. The lowest BCUT2D eigenvalue weighted by Crippen LogP contribution is -2.47. The van der Waals surface area contributed by atoms with Gasteiger partial charge < -0.3 is 15.5 Å². The van der Waals surface area contributed by atoms with Crippen LogP contribution >= 0.6 is 0 Å². The van der Waals surface area contributed by atoms with Crippen LogP contribution in [0.15, 0.2) is 18.3 Å². The molecule has 0 amide bonds. The third-order valence-electron chi connectivity index (χ3n) is 5.62. The summed E-state index contributed by atoms with van der Waals surface area (Å²) in [7, 11) is 2.05. The average Bonchev–Trinajstić information content (AvgIpc) is 3.05. The molecule has 2 bridgehead atoms. The maximum absolute atomic E-state index is 4.73. The molecule has 3 fully saturated rings. The Hall–Kier alpha value is -2.15. The molecule has 5 rings (SSSR count). The zero-order chi connectivity index (χ0) is 16.1. The molecule has 2 aromatic heterocycles. The van der Waals surface area contributed by atoms with E-state index in [2.05, 4.69) is 43.8 Å². The number of likely N-dealkylation sites (N-methyl/N-ethyl adjacent to an activating group) is 1. The van der Waals surface area contributed by atoms with Crippen LogP contribution in [-0.4, -0.2) is 45.8 Å². The predicted octanol–water partition coefficient (Wildman–Crippen LogP) is 2.01. The molecule has 3 aliphatic rings. The molecule has 7 nitrogen and oxygen atoms in total. The van der Waals surface area contributed by atoms with Crippen LogP contribution < -0.4 is 15.5 Å². The van der Waals surface area contributed by atoms with Gasteiger partial charge in [0.1, 0.15) is 5.82 Å². The largest absolute Gasteiger partial charge is 0.336 e. The van der Waals surface area contributed by atoms with Crippen molar-refractivity contribution >= 4 is 17.6 Å². The van der Waals surface area contributed by atoms with E-state index < -0.39 is 0 Å². The van der Waals surface area contributed by atoms with Crippen LogP contribution in [0.1, 0.15) is 37.3 Å². The molecule has 0 aromatic carbocycles. The minimum atomic E-state index is 0.516. The average molecular weight is 325 g/mol. The molecule has 24 heavy (non-hydrogen) atoms. The Bertz CT molecular complexity index is 738. The highest BCUT2D eigenvalue weighted by Gasteiger charge is 2.45. The van der Waals surface area contributed by atoms with E-state index in [1.54, 1.807) is 0 Å². The third kappa shape index (κ3) is 2.43. The number of nitrogens with one attached hydrogen (secondary N) is 3. The Morgan fingerprint density at radius 3 is 2.96 bits per heavy atom. The lowest BCUT2D eigenvalue weighted by molar-refractivity contribution is 0.435. The fourth-order valence-corrected chi connectivity index (χ4v) is 4.26. The zero-order valence-corrected chi connectivity index (χ0v) is 13.9. The molecule has 3 atom stereocenters. The fourth-order valence-electron chi connectivity index (χ4n) is 4.26. The lowest BCUT2D eigenvalue weighted by Gasteiger charge is -2.33. The first-order chi connectivity index (χ1) is 11.8. The molecule has 126 valence electrons. The van der Waals surface area contributed by atoms with Crippen molar-refractivity contribution < 1.29 is 0 Å². The van der Waals surface area contributed by atoms with E-state index in [4.69, 9.17) is 4.98 Å². The van der Waals surface area contributed by atoms with Crippen molar-refractivity contribution in [2.75, 3.05) is 23.8 Å². The molecule has 1 saturated heterocycles. The van der Waals surface area contributed by atoms with Crippen molar-refractivity contribution in [3.8, 4) is 0 Å². The number of aromatic amines is 1. The number of rotatable bonds is 5. The SMILES string of the molecule is CN[C@@H]1C[C@H]2C[C@@H]1N(c1nccc(Nc3cc(C4CC4)[nH]n3)n1)C2. The number of aromatic nitrogens is 4. The van der Waals surface area contributed by atoms with Crippen molar-refractivity contribution in [1.29, 1.82) is 0 Å². The first-order valence-electron chi connectivity index (χ1n) is 8.89. The summed E-state index contributed by atoms with van der Waals surface area (Å²) in [5, 5.41) is 14.2. The van der Waals surface area contributed by atoms with Crippen LogP contribution in [0.4, 0.5) is 17.6 Å². The Morgan fingerprint density at radius 2 is 2.17 bits per heavy atom. The van der Waals surface area contributed by atoms with Crippen LogP contribution in [0.3, 0.4) is 0 Å². The molecule has 0 unspecified atom stereocenters. The third-order valence-corrected chi connectivity index (χ3v) is 5.62. The summed E-state index contributed by atoms with van der Waals surface area (Å²) in [6.45, 7) is 1.07. The van der Waals surface area contributed by atoms with Gasteiger partial charge in [-0.15, -0.1) is 0 Å². The van der Waals surface area contributed by atoms with Gasteiger partial charge in [-0.25, -0.2) is 4.98 Å². The fraction of sp³-hybridized carbons (Fsp3) is 0.588. The van der Waals surface area contributed by atoms with E-state index in [0.29, 0.717) is 18.0 Å². The van der Waals surface area contributed by atoms with Crippen molar-refractivity contribution in [3.05, 3.63) is 24.0 Å². The summed E-state index contributed by atoms with van der Waals surface area (Å²) in [4.78, 5) is 11.6. The van der Waals surface area contributed by atoms with Gasteiger partial charge in [0.05, 0.1) is 0 Å². The number of H-pyrrole nitrogens is 1. The molecule has 2 aliphatic carbocycles. The minimum Gasteiger partial charge on any atom is -0.336 e. The smallest absolute Gasteiger partial charge is 0.227 e. The molecule has 7 heteroatoms. The Balaban J connectivity index is 1.34. The van der Waals surface area contributed by atoms with Crippen LogP contribution in [0.2, 0.25) is 0 Å². The van der Waals surface area contributed by atoms with E-state index in [1.165, 1.54) is 31.4 Å². The number of fused-ring (bicyclic) bond motifs is 2. The number of piperidine rings is 1. The summed E-state index contributed by atoms with van der Waals surface area (Å²) in [5.74, 6) is 3.90. The van der Waals surface area contributed by atoms with E-state index >= 15 is 0 Å². The number of nitrogens with zero attached hydrogens (tertiary/aromatic N) is 4. The van der Waals surface area contributed by atoms with Crippen LogP contribution in [0.5, 0.6) is 0 Å². The summed E-state index contributed by atoms with van der Waals surface area (Å²) in [6, 6.07) is 5.06. The quantitative estimate of drug-likeness (QED) is 0.780. The molecular weight excluding hydrogens is 302 g/mol. The lowest BCUT2D eigenvalue weighted by atomic mass is 10.1. The van der Waals surface area contributed by atoms with E-state index in [9.17, 15) is 0 Å². The minimum absolute atomic E-state index is 0.516. The van der Waals surface area contributed by atoms with Crippen LogP contribution in [0.25, 0.3) is 0 Å². The van der Waals surface area contributed by atoms with E-state index in [0.717, 1.165) is 30.0 Å². The van der Waals surface area contributed by atoms with Gasteiger partial charge in [-0.05, 0) is 44.7 Å². The summed E-state index contributed by atoms with van der Waals surface area (Å²) in [6.07, 6.45) is 6.88. The molecule has 2 saturated carbocycles. The second-order valence-electron chi connectivity index (χ2n) is 7.30. The highest BCUT2D eigenvalue weighted by atomic mass is 15.3. The van der Waals surface area contributed by atoms with E-state index in [-0.39, 0.29) is 0 Å². The van der Waals surface area contributed by atoms with Crippen molar-refractivity contribution in [3.63, 3.8) is 0 Å². The monoisotopic (exact) mass is 325 g/mol. The van der Waals surface area contributed by atoms with Crippen molar-refractivity contribution in [1.82, 2.24) is 25.5 Å². The second kappa shape index (κ2) is 5.44.